The number of nitrogens with one attached hydrogen (secondary N) is 1. The molecule has 1 aliphatic heterocycles. The fraction of sp³-hybridized carbons (Fsp3) is 0.350. The Hall–Kier alpha value is -2.42. The maximum atomic E-state index is 14.9. The van der Waals surface area contributed by atoms with Crippen molar-refractivity contribution in [2.75, 3.05) is 13.1 Å². The van der Waals surface area contributed by atoms with E-state index in [9.17, 15) is 4.39 Å². The van der Waals surface area contributed by atoms with Crippen molar-refractivity contribution in [1.82, 2.24) is 35.3 Å². The van der Waals surface area contributed by atoms with Gasteiger partial charge in [0.2, 0.25) is 0 Å². The minimum Gasteiger partial charge on any atom is -0.317 e. The van der Waals surface area contributed by atoms with Crippen LogP contribution in [-0.4, -0.2) is 43.0 Å². The summed E-state index contributed by atoms with van der Waals surface area (Å²) in [6, 6.07) is 5.20. The standard InChI is InChI=1S/C20H20FN7.2ClH/c1-11-18-14(10-28(2)27-18)9-16(23-11)13-7-15(21)19-17(8-13)25-26-20(24-19)12-3-5-22-6-4-12;;/h7-10,12,22H,3-6H2,1-2H3;2*1H. The highest BCUT2D eigenvalue weighted by atomic mass is 35.5. The zero-order valence-electron chi connectivity index (χ0n) is 16.6. The zero-order chi connectivity index (χ0) is 19.3. The van der Waals surface area contributed by atoms with Crippen molar-refractivity contribution in [3.8, 4) is 11.3 Å². The van der Waals surface area contributed by atoms with E-state index in [0.29, 0.717) is 22.6 Å². The van der Waals surface area contributed by atoms with Crippen LogP contribution in [0, 0.1) is 12.7 Å². The molecule has 0 unspecified atom stereocenters. The molecule has 10 heteroatoms. The first-order valence-electron chi connectivity index (χ1n) is 9.44. The number of aromatic nitrogens is 6. The van der Waals surface area contributed by atoms with Gasteiger partial charge in [-0.3, -0.25) is 9.67 Å². The number of hydrogen-bond donors (Lipinski definition) is 1. The smallest absolute Gasteiger partial charge is 0.154 e. The largest absolute Gasteiger partial charge is 0.317 e. The lowest BCUT2D eigenvalue weighted by Crippen LogP contribution is -2.27. The van der Waals surface area contributed by atoms with Crippen LogP contribution in [0.1, 0.15) is 30.3 Å². The maximum Gasteiger partial charge on any atom is 0.154 e. The molecule has 0 radical (unpaired) electrons. The van der Waals surface area contributed by atoms with E-state index in [-0.39, 0.29) is 36.2 Å². The second kappa shape index (κ2) is 8.75. The number of hydrogen-bond acceptors (Lipinski definition) is 6. The molecular formula is C20H22Cl2FN7. The minimum absolute atomic E-state index is 0. The van der Waals surface area contributed by atoms with E-state index >= 15 is 0 Å². The molecule has 4 aromatic rings. The predicted octanol–water partition coefficient (Wildman–Crippen LogP) is 3.73. The van der Waals surface area contributed by atoms with Gasteiger partial charge in [-0.05, 0) is 51.1 Å². The molecule has 7 nitrogen and oxygen atoms in total. The summed E-state index contributed by atoms with van der Waals surface area (Å²) in [6.07, 6.45) is 3.82. The lowest BCUT2D eigenvalue weighted by atomic mass is 9.97. The van der Waals surface area contributed by atoms with Gasteiger partial charge in [-0.15, -0.1) is 35.0 Å². The lowest BCUT2D eigenvalue weighted by Gasteiger charge is -2.20. The van der Waals surface area contributed by atoms with Gasteiger partial charge in [0.25, 0.3) is 0 Å². The highest BCUT2D eigenvalue weighted by Crippen LogP contribution is 2.28. The Morgan fingerprint density at radius 3 is 2.57 bits per heavy atom. The number of rotatable bonds is 2. The Labute approximate surface area is 185 Å². The summed E-state index contributed by atoms with van der Waals surface area (Å²) in [5, 5.41) is 17.3. The van der Waals surface area contributed by atoms with Crippen molar-refractivity contribution < 1.29 is 4.39 Å². The fourth-order valence-corrected chi connectivity index (χ4v) is 3.87. The molecule has 0 bridgehead atoms. The quantitative estimate of drug-likeness (QED) is 0.501. The highest BCUT2D eigenvalue weighted by Gasteiger charge is 2.20. The van der Waals surface area contributed by atoms with Crippen LogP contribution in [0.15, 0.2) is 24.4 Å². The van der Waals surface area contributed by atoms with E-state index in [4.69, 9.17) is 0 Å². The van der Waals surface area contributed by atoms with E-state index in [2.05, 4.69) is 30.6 Å². The van der Waals surface area contributed by atoms with Crippen molar-refractivity contribution in [1.29, 1.82) is 0 Å². The Bertz CT molecular complexity index is 1200. The lowest BCUT2D eigenvalue weighted by molar-refractivity contribution is 0.442. The number of halogens is 3. The normalized spacial score (nSPS) is 14.5. The third-order valence-electron chi connectivity index (χ3n) is 5.31. The van der Waals surface area contributed by atoms with Gasteiger partial charge in [0.1, 0.15) is 16.6 Å². The summed E-state index contributed by atoms with van der Waals surface area (Å²) in [4.78, 5) is 9.10. The van der Waals surface area contributed by atoms with Gasteiger partial charge in [-0.2, -0.15) is 5.10 Å². The number of nitrogens with zero attached hydrogens (tertiary/aromatic N) is 6. The van der Waals surface area contributed by atoms with Crippen LogP contribution in [-0.2, 0) is 7.05 Å². The zero-order valence-corrected chi connectivity index (χ0v) is 18.2. The third-order valence-corrected chi connectivity index (χ3v) is 5.31. The number of pyridine rings is 1. The average Bonchev–Trinajstić information content (AvgIpc) is 3.09. The van der Waals surface area contributed by atoms with Gasteiger partial charge in [-0.1, -0.05) is 0 Å². The molecular weight excluding hydrogens is 428 g/mol. The van der Waals surface area contributed by atoms with Crippen molar-refractivity contribution in [3.63, 3.8) is 0 Å². The molecule has 3 aromatic heterocycles. The van der Waals surface area contributed by atoms with E-state index in [0.717, 1.165) is 42.5 Å². The third kappa shape index (κ3) is 3.95. The molecule has 0 spiro atoms. The van der Waals surface area contributed by atoms with Gasteiger partial charge in [0.05, 0.1) is 11.4 Å². The number of benzene rings is 1. The van der Waals surface area contributed by atoms with Gasteiger partial charge in [-0.25, -0.2) is 9.37 Å². The molecule has 158 valence electrons. The number of aryl methyl sites for hydroxylation is 2. The van der Waals surface area contributed by atoms with Crippen LogP contribution in [0.4, 0.5) is 4.39 Å². The summed E-state index contributed by atoms with van der Waals surface area (Å²) in [5.41, 5.74) is 3.71. The van der Waals surface area contributed by atoms with Gasteiger partial charge in [0, 0.05) is 30.1 Å². The maximum absolute atomic E-state index is 14.9. The van der Waals surface area contributed by atoms with Crippen molar-refractivity contribution in [3.05, 3.63) is 41.7 Å². The molecule has 1 aromatic carbocycles. The molecule has 1 N–H and O–H groups in total. The van der Waals surface area contributed by atoms with Gasteiger partial charge >= 0.3 is 0 Å². The molecule has 1 fully saturated rings. The van der Waals surface area contributed by atoms with Crippen LogP contribution >= 0.6 is 24.8 Å². The molecule has 1 saturated heterocycles. The van der Waals surface area contributed by atoms with E-state index < -0.39 is 5.82 Å². The van der Waals surface area contributed by atoms with E-state index in [1.54, 1.807) is 10.7 Å². The molecule has 0 atom stereocenters. The van der Waals surface area contributed by atoms with Crippen LogP contribution in [0.25, 0.3) is 33.2 Å². The Kier molecular flexibility index (Phi) is 6.50. The Morgan fingerprint density at radius 2 is 1.80 bits per heavy atom. The van der Waals surface area contributed by atoms with Gasteiger partial charge in [0.15, 0.2) is 11.6 Å². The van der Waals surface area contributed by atoms with Crippen LogP contribution in [0.3, 0.4) is 0 Å². The monoisotopic (exact) mass is 449 g/mol. The number of fused-ring (bicyclic) bond motifs is 2. The summed E-state index contributed by atoms with van der Waals surface area (Å²) in [6.45, 7) is 3.76. The molecule has 0 amide bonds. The van der Waals surface area contributed by atoms with Crippen molar-refractivity contribution in [2.45, 2.75) is 25.7 Å². The second-order valence-electron chi connectivity index (χ2n) is 7.35. The predicted molar refractivity (Wildman–Crippen MR) is 119 cm³/mol. The Balaban J connectivity index is 0.00000128. The van der Waals surface area contributed by atoms with Crippen LogP contribution < -0.4 is 5.32 Å². The van der Waals surface area contributed by atoms with Gasteiger partial charge < -0.3 is 5.32 Å². The minimum atomic E-state index is -0.400. The highest BCUT2D eigenvalue weighted by molar-refractivity contribution is 5.87. The molecule has 30 heavy (non-hydrogen) atoms. The molecule has 0 aliphatic carbocycles. The summed E-state index contributed by atoms with van der Waals surface area (Å²) < 4.78 is 16.7. The summed E-state index contributed by atoms with van der Waals surface area (Å²) in [7, 11) is 1.87. The van der Waals surface area contributed by atoms with Crippen molar-refractivity contribution in [2.24, 2.45) is 7.05 Å². The van der Waals surface area contributed by atoms with E-state index in [1.807, 2.05) is 26.2 Å². The van der Waals surface area contributed by atoms with Crippen molar-refractivity contribution >= 4 is 46.8 Å². The van der Waals surface area contributed by atoms with Crippen LogP contribution in [0.2, 0.25) is 0 Å². The Morgan fingerprint density at radius 1 is 1.03 bits per heavy atom. The van der Waals surface area contributed by atoms with Crippen LogP contribution in [0.5, 0.6) is 0 Å². The molecule has 4 heterocycles. The SMILES string of the molecule is Cc1nc(-c2cc(F)c3nc(C4CCNCC4)nnc3c2)cc2cn(C)nc12.Cl.Cl. The summed E-state index contributed by atoms with van der Waals surface area (Å²) >= 11 is 0. The first-order valence-corrected chi connectivity index (χ1v) is 9.44. The first-order chi connectivity index (χ1) is 13.6. The number of piperidine rings is 1. The molecule has 0 saturated carbocycles. The second-order valence-corrected chi connectivity index (χ2v) is 7.35. The molecule has 5 rings (SSSR count). The average molecular weight is 450 g/mol. The topological polar surface area (TPSA) is 81.4 Å². The fourth-order valence-electron chi connectivity index (χ4n) is 3.87. The first kappa shape index (κ1) is 22.3. The van der Waals surface area contributed by atoms with E-state index in [1.165, 1.54) is 6.07 Å². The molecule has 1 aliphatic rings. The summed E-state index contributed by atoms with van der Waals surface area (Å²) in [5.74, 6) is 0.462.